The predicted molar refractivity (Wildman–Crippen MR) is 215 cm³/mol. The Bertz CT molecular complexity index is 2510. The third-order valence-electron chi connectivity index (χ3n) is 10.7. The van der Waals surface area contributed by atoms with Gasteiger partial charge in [-0.05, 0) is 46.6 Å². The quantitative estimate of drug-likeness (QED) is 0.166. The molecule has 9 aromatic rings. The molecule has 51 heavy (non-hydrogen) atoms. The van der Waals surface area contributed by atoms with Gasteiger partial charge in [0.2, 0.25) is 8.07 Å². The van der Waals surface area contributed by atoms with E-state index in [2.05, 4.69) is 197 Å². The molecule has 0 aliphatic heterocycles. The van der Waals surface area contributed by atoms with E-state index in [-0.39, 0.29) is 5.54 Å². The standard InChI is InChI=1S/C46H34N4Si/c1-4-18-33(19-5-1)51(34-20-6-2-7-21-34,35-22-8-3-9-23-35)46-47-44(49-40-28-14-10-24-36(40)37-25-11-15-29-41(37)49)32-45(48-46)50-42-30-16-12-26-38(42)39-27-13-17-31-43(39)50/h1-22,24-32,35H,23H2. The summed E-state index contributed by atoms with van der Waals surface area (Å²) in [6, 6.07) is 59.1. The molecule has 1 aliphatic carbocycles. The molecule has 1 unspecified atom stereocenters. The minimum Gasteiger partial charge on any atom is -0.294 e. The highest BCUT2D eigenvalue weighted by Crippen LogP contribution is 2.35. The lowest BCUT2D eigenvalue weighted by Gasteiger charge is -2.38. The monoisotopic (exact) mass is 670 g/mol. The summed E-state index contributed by atoms with van der Waals surface area (Å²) in [5.74, 6) is 1.74. The Morgan fingerprint density at radius 1 is 0.451 bits per heavy atom. The highest BCUT2D eigenvalue weighted by molar-refractivity contribution is 7.12. The van der Waals surface area contributed by atoms with Gasteiger partial charge in [-0.25, -0.2) is 9.97 Å². The number of benzene rings is 6. The van der Waals surface area contributed by atoms with Crippen molar-refractivity contribution >= 4 is 67.5 Å². The van der Waals surface area contributed by atoms with Crippen LogP contribution in [-0.4, -0.2) is 27.2 Å². The minimum atomic E-state index is -2.97. The smallest absolute Gasteiger partial charge is 0.202 e. The number of hydrogen-bond donors (Lipinski definition) is 0. The van der Waals surface area contributed by atoms with Gasteiger partial charge in [0.1, 0.15) is 17.1 Å². The van der Waals surface area contributed by atoms with E-state index >= 15 is 0 Å². The molecule has 3 heterocycles. The maximum Gasteiger partial charge on any atom is 0.202 e. The first-order chi connectivity index (χ1) is 25.3. The van der Waals surface area contributed by atoms with Crippen LogP contribution in [0, 0.1) is 0 Å². The van der Waals surface area contributed by atoms with Gasteiger partial charge in [0.15, 0.2) is 0 Å². The summed E-state index contributed by atoms with van der Waals surface area (Å²) in [5, 5.41) is 7.44. The van der Waals surface area contributed by atoms with E-state index in [4.69, 9.17) is 9.97 Å². The minimum absolute atomic E-state index is 0.201. The lowest BCUT2D eigenvalue weighted by atomic mass is 10.2. The fourth-order valence-electron chi connectivity index (χ4n) is 8.49. The SMILES string of the molecule is C1=CCC([Si](c2ccccc2)(c2ccccc2)c2nc(-n3c4ccccc4c4ccccc43)cc(-n3c4ccccc4c4ccccc43)n2)C=C1. The molecule has 10 rings (SSSR count). The maximum absolute atomic E-state index is 5.79. The van der Waals surface area contributed by atoms with Crippen LogP contribution in [0.5, 0.6) is 0 Å². The van der Waals surface area contributed by atoms with E-state index in [9.17, 15) is 0 Å². The Hall–Kier alpha value is -6.30. The van der Waals surface area contributed by atoms with Gasteiger partial charge in [0.05, 0.1) is 22.1 Å². The van der Waals surface area contributed by atoms with E-state index in [1.165, 1.54) is 31.9 Å². The number of aromatic nitrogens is 4. The molecule has 0 fully saturated rings. The van der Waals surface area contributed by atoms with Crippen LogP contribution < -0.4 is 15.8 Å². The van der Waals surface area contributed by atoms with Crippen LogP contribution in [0.4, 0.5) is 0 Å². The largest absolute Gasteiger partial charge is 0.294 e. The van der Waals surface area contributed by atoms with Crippen molar-refractivity contribution in [2.45, 2.75) is 12.0 Å². The fraction of sp³-hybridized carbons (Fsp3) is 0.0435. The molecule has 1 atom stereocenters. The second-order valence-electron chi connectivity index (χ2n) is 13.3. The van der Waals surface area contributed by atoms with Crippen LogP contribution in [0.25, 0.3) is 55.2 Å². The Kier molecular flexibility index (Phi) is 6.93. The molecule has 0 saturated heterocycles. The van der Waals surface area contributed by atoms with Gasteiger partial charge >= 0.3 is 0 Å². The molecule has 0 amide bonds. The number of para-hydroxylation sites is 4. The van der Waals surface area contributed by atoms with Crippen LogP contribution >= 0.6 is 0 Å². The van der Waals surface area contributed by atoms with Crippen molar-refractivity contribution in [2.75, 3.05) is 0 Å². The predicted octanol–water partition coefficient (Wildman–Crippen LogP) is 9.03. The van der Waals surface area contributed by atoms with Gasteiger partial charge in [-0.3, -0.25) is 9.13 Å². The Morgan fingerprint density at radius 2 is 0.843 bits per heavy atom. The summed E-state index contributed by atoms with van der Waals surface area (Å²) in [6.45, 7) is 0. The molecular weight excluding hydrogens is 637 g/mol. The molecule has 0 saturated carbocycles. The zero-order valence-corrected chi connectivity index (χ0v) is 29.0. The van der Waals surface area contributed by atoms with E-state index < -0.39 is 8.07 Å². The number of hydrogen-bond acceptors (Lipinski definition) is 2. The molecule has 6 aromatic carbocycles. The number of nitrogens with zero attached hydrogens (tertiary/aromatic N) is 4. The first kappa shape index (κ1) is 29.6. The third-order valence-corrected chi connectivity index (χ3v) is 15.6. The van der Waals surface area contributed by atoms with Gasteiger partial charge in [-0.2, -0.15) is 0 Å². The lowest BCUT2D eigenvalue weighted by molar-refractivity contribution is 0.970. The topological polar surface area (TPSA) is 35.6 Å². The summed E-state index contributed by atoms with van der Waals surface area (Å²) >= 11 is 0. The molecule has 242 valence electrons. The van der Waals surface area contributed by atoms with Crippen molar-refractivity contribution in [1.82, 2.24) is 19.1 Å². The van der Waals surface area contributed by atoms with Crippen LogP contribution in [0.15, 0.2) is 188 Å². The number of allylic oxidation sites excluding steroid dienone is 4. The van der Waals surface area contributed by atoms with Gasteiger partial charge < -0.3 is 0 Å². The van der Waals surface area contributed by atoms with E-state index in [0.29, 0.717) is 0 Å². The highest BCUT2D eigenvalue weighted by atomic mass is 28.3. The van der Waals surface area contributed by atoms with Gasteiger partial charge in [0.25, 0.3) is 0 Å². The molecular formula is C46H34N4Si. The highest BCUT2D eigenvalue weighted by Gasteiger charge is 2.48. The Balaban J connectivity index is 1.39. The average molecular weight is 671 g/mol. The van der Waals surface area contributed by atoms with Gasteiger partial charge in [-0.15, -0.1) is 0 Å². The van der Waals surface area contributed by atoms with Gasteiger partial charge in [-0.1, -0.05) is 158 Å². The van der Waals surface area contributed by atoms with Crippen molar-refractivity contribution in [3.8, 4) is 11.6 Å². The Morgan fingerprint density at radius 3 is 1.24 bits per heavy atom. The first-order valence-electron chi connectivity index (χ1n) is 17.6. The first-order valence-corrected chi connectivity index (χ1v) is 19.7. The van der Waals surface area contributed by atoms with Crippen LogP contribution in [0.2, 0.25) is 5.54 Å². The molecule has 0 bridgehead atoms. The summed E-state index contributed by atoms with van der Waals surface area (Å²) in [4.78, 5) is 11.6. The summed E-state index contributed by atoms with van der Waals surface area (Å²) < 4.78 is 4.69. The number of rotatable bonds is 6. The molecule has 5 heteroatoms. The molecule has 3 aromatic heterocycles. The van der Waals surface area contributed by atoms with Crippen LogP contribution in [-0.2, 0) is 0 Å². The average Bonchev–Trinajstić information content (AvgIpc) is 3.73. The number of fused-ring (bicyclic) bond motifs is 6. The normalized spacial score (nSPS) is 14.6. The van der Waals surface area contributed by atoms with Crippen molar-refractivity contribution in [3.63, 3.8) is 0 Å². The van der Waals surface area contributed by atoms with E-state index in [0.717, 1.165) is 45.6 Å². The second-order valence-corrected chi connectivity index (χ2v) is 17.3. The van der Waals surface area contributed by atoms with Crippen molar-refractivity contribution in [2.24, 2.45) is 0 Å². The molecule has 0 spiro atoms. The summed E-state index contributed by atoms with van der Waals surface area (Å²) in [6.07, 6.45) is 10.0. The van der Waals surface area contributed by atoms with Crippen molar-refractivity contribution in [3.05, 3.63) is 188 Å². The molecule has 4 nitrogen and oxygen atoms in total. The van der Waals surface area contributed by atoms with Gasteiger partial charge in [0, 0.05) is 27.6 Å². The Labute approximate surface area is 297 Å². The maximum atomic E-state index is 5.79. The van der Waals surface area contributed by atoms with Crippen molar-refractivity contribution in [1.29, 1.82) is 0 Å². The zero-order chi connectivity index (χ0) is 33.8. The van der Waals surface area contributed by atoms with Crippen LogP contribution in [0.1, 0.15) is 6.42 Å². The fourth-order valence-corrected chi connectivity index (χ4v) is 13.4. The molecule has 0 radical (unpaired) electrons. The van der Waals surface area contributed by atoms with Crippen molar-refractivity contribution < 1.29 is 0 Å². The van der Waals surface area contributed by atoms with Crippen LogP contribution in [0.3, 0.4) is 0 Å². The molecule has 0 N–H and O–H groups in total. The molecule has 1 aliphatic rings. The zero-order valence-electron chi connectivity index (χ0n) is 28.0. The summed E-state index contributed by atoms with van der Waals surface area (Å²) in [5.41, 5.74) is 5.62. The summed E-state index contributed by atoms with van der Waals surface area (Å²) in [7, 11) is -2.97. The second kappa shape index (κ2) is 11.9. The lowest BCUT2D eigenvalue weighted by Crippen LogP contribution is -2.71. The van der Waals surface area contributed by atoms with E-state index in [1.54, 1.807) is 0 Å². The third kappa shape index (κ3) is 4.52. The van der Waals surface area contributed by atoms with E-state index in [1.807, 2.05) is 0 Å².